The molecule has 0 radical (unpaired) electrons. The highest BCUT2D eigenvalue weighted by Crippen LogP contribution is 2.10. The van der Waals surface area contributed by atoms with Gasteiger partial charge in [-0.15, -0.1) is 0 Å². The Morgan fingerprint density at radius 3 is 1.23 bits per heavy atom. The number of imidazole rings is 1. The van der Waals surface area contributed by atoms with Gasteiger partial charge in [-0.05, 0) is 123 Å². The van der Waals surface area contributed by atoms with Crippen LogP contribution < -0.4 is 61.0 Å². The zero-order chi connectivity index (χ0) is 41.7. The van der Waals surface area contributed by atoms with Crippen LogP contribution in [0.2, 0.25) is 0 Å². The zero-order valence-electron chi connectivity index (χ0n) is 32.8. The van der Waals surface area contributed by atoms with Gasteiger partial charge in [0.1, 0.15) is 30.2 Å². The summed E-state index contributed by atoms with van der Waals surface area (Å²) in [5.74, 6) is -4.44. The van der Waals surface area contributed by atoms with E-state index in [0.717, 1.165) is 0 Å². The van der Waals surface area contributed by atoms with E-state index in [1.165, 1.54) is 12.5 Å². The van der Waals surface area contributed by atoms with E-state index in [4.69, 9.17) is 34.4 Å². The fraction of sp³-hybridized carbons (Fsp3) is 0.750. The monoisotopic (exact) mass is 796 g/mol. The Kier molecular flexibility index (Phi) is 26.7. The molecule has 0 aliphatic heterocycles. The van der Waals surface area contributed by atoms with Crippen molar-refractivity contribution in [3.8, 4) is 0 Å². The number of hydrogen-bond donors (Lipinski definition) is 13. The van der Waals surface area contributed by atoms with Crippen LogP contribution in [-0.2, 0) is 35.2 Å². The Bertz CT molecular complexity index is 1290. The fourth-order valence-electron chi connectivity index (χ4n) is 5.87. The van der Waals surface area contributed by atoms with E-state index in [-0.39, 0.29) is 32.1 Å². The minimum atomic E-state index is -1.24. The SMILES string of the molecule is NCCCC[C@H](NC(=O)[C@H](Cc1cnc[nH]1)NC(=O)[C@H](CCCCN)NC(=O)[C@H](CCCCN)NC(=O)[C@H](CCCCN)NC(=O)[C@@H](N)CCCCN)C(=O)O. The average molecular weight is 796 g/mol. The maximum atomic E-state index is 13.9. The van der Waals surface area contributed by atoms with Crippen LogP contribution in [0.25, 0.3) is 0 Å². The lowest BCUT2D eigenvalue weighted by Gasteiger charge is -2.27. The predicted molar refractivity (Wildman–Crippen MR) is 212 cm³/mol. The molecular formula is C36H69N13O7. The Labute approximate surface area is 329 Å². The molecule has 0 aliphatic rings. The lowest BCUT2D eigenvalue weighted by molar-refractivity contribution is -0.142. The summed E-state index contributed by atoms with van der Waals surface area (Å²) in [4.78, 5) is 86.9. The topological polar surface area (TPSA) is 368 Å². The lowest BCUT2D eigenvalue weighted by atomic mass is 10.0. The number of hydrogen-bond acceptors (Lipinski definition) is 13. The van der Waals surface area contributed by atoms with Crippen molar-refractivity contribution in [2.45, 2.75) is 139 Å². The molecule has 1 aromatic rings. The molecule has 0 fully saturated rings. The highest BCUT2D eigenvalue weighted by Gasteiger charge is 2.33. The summed E-state index contributed by atoms with van der Waals surface area (Å²) >= 11 is 0. The summed E-state index contributed by atoms with van der Waals surface area (Å²) in [6.45, 7) is 1.90. The second kappa shape index (κ2) is 30.0. The quantitative estimate of drug-likeness (QED) is 0.0326. The summed E-state index contributed by atoms with van der Waals surface area (Å²) in [5, 5.41) is 23.2. The molecule has 5 amide bonds. The van der Waals surface area contributed by atoms with Gasteiger partial charge in [0, 0.05) is 18.3 Å². The molecule has 56 heavy (non-hydrogen) atoms. The van der Waals surface area contributed by atoms with Gasteiger partial charge in [-0.2, -0.15) is 0 Å². The third kappa shape index (κ3) is 20.6. The molecule has 1 aromatic heterocycles. The molecule has 1 heterocycles. The molecule has 6 atom stereocenters. The lowest BCUT2D eigenvalue weighted by Crippen LogP contribution is -2.59. The number of aromatic nitrogens is 2. The van der Waals surface area contributed by atoms with Crippen LogP contribution in [-0.4, -0.2) is 120 Å². The number of carbonyl (C=O) groups excluding carboxylic acids is 5. The molecule has 0 bridgehead atoms. The van der Waals surface area contributed by atoms with Crippen LogP contribution in [0.1, 0.15) is 102 Å². The molecule has 0 aromatic carbocycles. The van der Waals surface area contributed by atoms with E-state index < -0.39 is 71.8 Å². The first kappa shape index (κ1) is 49.8. The van der Waals surface area contributed by atoms with Crippen molar-refractivity contribution in [3.63, 3.8) is 0 Å². The van der Waals surface area contributed by atoms with Crippen LogP contribution in [0.5, 0.6) is 0 Å². The third-order valence-electron chi connectivity index (χ3n) is 9.22. The summed E-state index contributed by atoms with van der Waals surface area (Å²) < 4.78 is 0. The summed E-state index contributed by atoms with van der Waals surface area (Å²) in [7, 11) is 0. The molecule has 0 saturated heterocycles. The normalized spacial score (nSPS) is 14.4. The van der Waals surface area contributed by atoms with Gasteiger partial charge in [0.05, 0.1) is 12.4 Å². The fourth-order valence-corrected chi connectivity index (χ4v) is 5.87. The molecule has 0 aliphatic carbocycles. The first-order valence-electron chi connectivity index (χ1n) is 19.9. The molecule has 20 nitrogen and oxygen atoms in total. The first-order valence-corrected chi connectivity index (χ1v) is 19.9. The highest BCUT2D eigenvalue weighted by atomic mass is 16.4. The Morgan fingerprint density at radius 2 is 0.857 bits per heavy atom. The van der Waals surface area contributed by atoms with Crippen LogP contribution >= 0.6 is 0 Å². The molecule has 0 saturated carbocycles. The van der Waals surface area contributed by atoms with Gasteiger partial charge in [0.2, 0.25) is 29.5 Å². The molecule has 1 rings (SSSR count). The predicted octanol–water partition coefficient (Wildman–Crippen LogP) is -2.57. The van der Waals surface area contributed by atoms with E-state index in [1.807, 2.05) is 0 Å². The number of H-pyrrole nitrogens is 1. The van der Waals surface area contributed by atoms with E-state index in [1.54, 1.807) is 0 Å². The standard InChI is InChI=1S/C36H69N13O7/c37-16-6-1-11-25(42)31(50)45-26(12-2-7-17-38)32(51)46-27(13-3-8-18-39)33(52)47-28(14-4-9-19-40)34(53)49-30(21-24-22-43-23-44-24)35(54)48-29(36(55)56)15-5-10-20-41/h22-23,25-30H,1-21,37-42H2,(H,43,44)(H,45,50)(H,46,51)(H,47,52)(H,48,54)(H,49,53)(H,55,56)/t25-,26-,27-,28-,29-,30-/m0/s1. The third-order valence-corrected chi connectivity index (χ3v) is 9.22. The Morgan fingerprint density at radius 1 is 0.518 bits per heavy atom. The van der Waals surface area contributed by atoms with Gasteiger partial charge in [-0.25, -0.2) is 9.78 Å². The molecule has 320 valence electrons. The van der Waals surface area contributed by atoms with Gasteiger partial charge in [-0.1, -0.05) is 6.42 Å². The van der Waals surface area contributed by atoms with E-state index in [0.29, 0.717) is 109 Å². The number of nitrogens with zero attached hydrogens (tertiary/aromatic N) is 1. The number of amides is 5. The Balaban J connectivity index is 3.30. The average Bonchev–Trinajstić information content (AvgIpc) is 3.69. The summed E-state index contributed by atoms with van der Waals surface area (Å²) in [6, 6.07) is -6.59. The smallest absolute Gasteiger partial charge is 0.326 e. The van der Waals surface area contributed by atoms with E-state index >= 15 is 0 Å². The number of carboxylic acid groups (broad SMARTS) is 1. The first-order chi connectivity index (χ1) is 26.9. The molecular weight excluding hydrogens is 726 g/mol. The van der Waals surface area contributed by atoms with E-state index in [9.17, 15) is 33.9 Å². The van der Waals surface area contributed by atoms with Crippen molar-refractivity contribution >= 4 is 35.5 Å². The van der Waals surface area contributed by atoms with Crippen molar-refractivity contribution in [1.29, 1.82) is 0 Å². The highest BCUT2D eigenvalue weighted by molar-refractivity contribution is 5.96. The number of nitrogens with two attached hydrogens (primary N) is 6. The van der Waals surface area contributed by atoms with Gasteiger partial charge in [-0.3, -0.25) is 24.0 Å². The number of carboxylic acids is 1. The van der Waals surface area contributed by atoms with Crippen molar-refractivity contribution in [2.75, 3.05) is 32.7 Å². The number of aliphatic carboxylic acids is 1. The molecule has 19 N–H and O–H groups in total. The number of carbonyl (C=O) groups is 6. The minimum Gasteiger partial charge on any atom is -0.480 e. The van der Waals surface area contributed by atoms with Gasteiger partial charge in [0.15, 0.2) is 0 Å². The van der Waals surface area contributed by atoms with Crippen LogP contribution in [0.15, 0.2) is 12.5 Å². The van der Waals surface area contributed by atoms with Gasteiger partial charge in [0.25, 0.3) is 0 Å². The minimum absolute atomic E-state index is 0.0537. The van der Waals surface area contributed by atoms with Gasteiger partial charge < -0.3 is 71.1 Å². The number of rotatable bonds is 33. The maximum Gasteiger partial charge on any atom is 0.326 e. The van der Waals surface area contributed by atoms with Crippen molar-refractivity contribution in [3.05, 3.63) is 18.2 Å². The molecule has 0 unspecified atom stereocenters. The van der Waals surface area contributed by atoms with Crippen LogP contribution in [0, 0.1) is 0 Å². The Hall–Kier alpha value is -4.21. The van der Waals surface area contributed by atoms with Crippen LogP contribution in [0.4, 0.5) is 0 Å². The number of unbranched alkanes of at least 4 members (excludes halogenated alkanes) is 5. The number of nitrogens with one attached hydrogen (secondary N) is 6. The maximum absolute atomic E-state index is 13.9. The van der Waals surface area contributed by atoms with E-state index in [2.05, 4.69) is 36.6 Å². The zero-order valence-corrected chi connectivity index (χ0v) is 32.8. The molecule has 20 heteroatoms. The summed E-state index contributed by atoms with van der Waals surface area (Å²) in [5.41, 5.74) is 34.8. The van der Waals surface area contributed by atoms with Crippen molar-refractivity contribution < 1.29 is 33.9 Å². The van der Waals surface area contributed by atoms with Gasteiger partial charge >= 0.3 is 5.97 Å². The summed E-state index contributed by atoms with van der Waals surface area (Å²) in [6.07, 6.45) is 9.44. The molecule has 0 spiro atoms. The largest absolute Gasteiger partial charge is 0.480 e. The van der Waals surface area contributed by atoms with Crippen molar-refractivity contribution in [1.82, 2.24) is 36.6 Å². The second-order valence-corrected chi connectivity index (χ2v) is 14.0. The van der Waals surface area contributed by atoms with Crippen molar-refractivity contribution in [2.24, 2.45) is 34.4 Å². The van der Waals surface area contributed by atoms with Crippen LogP contribution in [0.3, 0.4) is 0 Å². The second-order valence-electron chi connectivity index (χ2n) is 14.0. The number of aromatic amines is 1.